The summed E-state index contributed by atoms with van der Waals surface area (Å²) < 4.78 is 0. The molecule has 2 heteroatoms. The van der Waals surface area contributed by atoms with Crippen molar-refractivity contribution in [3.63, 3.8) is 0 Å². The smallest absolute Gasteiger partial charge is 0.0446 e. The Morgan fingerprint density at radius 1 is 1.11 bits per heavy atom. The fraction of sp³-hybridized carbons (Fsp3) is 0.647. The van der Waals surface area contributed by atoms with Crippen LogP contribution >= 0.6 is 0 Å². The maximum Gasteiger partial charge on any atom is 0.0446 e. The van der Waals surface area contributed by atoms with E-state index in [9.17, 15) is 0 Å². The molecule has 0 aliphatic carbocycles. The zero-order valence-corrected chi connectivity index (χ0v) is 13.6. The lowest BCUT2D eigenvalue weighted by atomic mass is 9.91. The summed E-state index contributed by atoms with van der Waals surface area (Å²) in [5.74, 6) is 0.995. The lowest BCUT2D eigenvalue weighted by Gasteiger charge is -2.28. The maximum atomic E-state index is 2.82. The predicted octanol–water partition coefficient (Wildman–Crippen LogP) is 4.38. The van der Waals surface area contributed by atoms with Crippen molar-refractivity contribution < 1.29 is 0 Å². The highest BCUT2D eigenvalue weighted by atomic mass is 28.3. The fourth-order valence-corrected chi connectivity index (χ4v) is 6.29. The van der Waals surface area contributed by atoms with Crippen LogP contribution in [0.15, 0.2) is 30.3 Å². The van der Waals surface area contributed by atoms with Crippen LogP contribution in [0.25, 0.3) is 0 Å². The molecule has 0 spiro atoms. The summed E-state index contributed by atoms with van der Waals surface area (Å²) in [7, 11) is -0.908. The van der Waals surface area contributed by atoms with Crippen LogP contribution in [-0.2, 0) is 6.54 Å². The average Bonchev–Trinajstić information content (AvgIpc) is 2.85. The Balaban J connectivity index is 1.68. The van der Waals surface area contributed by atoms with Gasteiger partial charge in [-0.1, -0.05) is 56.0 Å². The SMILES string of the molecule is C[Si](C)(C)CC1C[C@@H]2CC[C@H]1N2Cc1ccccc1. The molecule has 2 heterocycles. The number of benzene rings is 1. The van der Waals surface area contributed by atoms with Gasteiger partial charge in [0.2, 0.25) is 0 Å². The van der Waals surface area contributed by atoms with Crippen LogP contribution in [-0.4, -0.2) is 25.1 Å². The van der Waals surface area contributed by atoms with E-state index in [2.05, 4.69) is 54.9 Å². The number of nitrogens with zero attached hydrogens (tertiary/aromatic N) is 1. The van der Waals surface area contributed by atoms with E-state index in [1.54, 1.807) is 0 Å². The van der Waals surface area contributed by atoms with Crippen LogP contribution < -0.4 is 0 Å². The minimum atomic E-state index is -0.908. The summed E-state index contributed by atoms with van der Waals surface area (Å²) in [6, 6.07) is 14.3. The van der Waals surface area contributed by atoms with Crippen molar-refractivity contribution >= 4 is 8.07 Å². The van der Waals surface area contributed by atoms with E-state index in [0.29, 0.717) is 0 Å². The van der Waals surface area contributed by atoms with Crippen LogP contribution in [0.5, 0.6) is 0 Å². The zero-order chi connectivity index (χ0) is 13.5. The predicted molar refractivity (Wildman–Crippen MR) is 85.1 cm³/mol. The van der Waals surface area contributed by atoms with Crippen LogP contribution in [0.3, 0.4) is 0 Å². The molecule has 0 saturated carbocycles. The maximum absolute atomic E-state index is 2.82. The van der Waals surface area contributed by atoms with E-state index < -0.39 is 8.07 Å². The van der Waals surface area contributed by atoms with Gasteiger partial charge in [0.15, 0.2) is 0 Å². The Morgan fingerprint density at radius 3 is 2.53 bits per heavy atom. The Morgan fingerprint density at radius 2 is 1.84 bits per heavy atom. The van der Waals surface area contributed by atoms with Gasteiger partial charge in [-0.3, -0.25) is 4.90 Å². The normalized spacial score (nSPS) is 31.0. The van der Waals surface area contributed by atoms with Crippen LogP contribution in [0, 0.1) is 5.92 Å². The lowest BCUT2D eigenvalue weighted by Crippen LogP contribution is -2.33. The van der Waals surface area contributed by atoms with Gasteiger partial charge in [-0.15, -0.1) is 0 Å². The molecule has 2 fully saturated rings. The van der Waals surface area contributed by atoms with Gasteiger partial charge in [0.25, 0.3) is 0 Å². The molecule has 3 atom stereocenters. The molecule has 2 aliphatic rings. The monoisotopic (exact) mass is 273 g/mol. The van der Waals surface area contributed by atoms with Crippen LogP contribution in [0.1, 0.15) is 24.8 Å². The molecular weight excluding hydrogens is 246 g/mol. The minimum Gasteiger partial charge on any atom is -0.293 e. The first kappa shape index (κ1) is 13.4. The second-order valence-corrected chi connectivity index (χ2v) is 13.2. The summed E-state index contributed by atoms with van der Waals surface area (Å²) in [4.78, 5) is 2.82. The molecule has 2 bridgehead atoms. The molecule has 0 radical (unpaired) electrons. The number of hydrogen-bond acceptors (Lipinski definition) is 1. The summed E-state index contributed by atoms with van der Waals surface area (Å²) in [6.07, 6.45) is 4.37. The second-order valence-electron chi connectivity index (χ2n) is 7.72. The number of fused-ring (bicyclic) bond motifs is 2. The summed E-state index contributed by atoms with van der Waals surface area (Å²) >= 11 is 0. The van der Waals surface area contributed by atoms with Gasteiger partial charge < -0.3 is 0 Å². The van der Waals surface area contributed by atoms with Crippen molar-refractivity contribution in [3.05, 3.63) is 35.9 Å². The molecule has 2 saturated heterocycles. The highest BCUT2D eigenvalue weighted by molar-refractivity contribution is 6.76. The van der Waals surface area contributed by atoms with Gasteiger partial charge in [-0.05, 0) is 30.7 Å². The van der Waals surface area contributed by atoms with Gasteiger partial charge in [0.1, 0.15) is 0 Å². The number of hydrogen-bond donors (Lipinski definition) is 0. The molecule has 104 valence electrons. The average molecular weight is 273 g/mol. The Bertz CT molecular complexity index is 423. The number of rotatable bonds is 4. The van der Waals surface area contributed by atoms with Crippen LogP contribution in [0.2, 0.25) is 25.7 Å². The molecule has 0 N–H and O–H groups in total. The van der Waals surface area contributed by atoms with E-state index in [1.165, 1.54) is 37.4 Å². The standard InChI is InChI=1S/C17H27NSi/c1-19(2,3)13-15-11-16-9-10-17(15)18(16)12-14-7-5-4-6-8-14/h4-8,15-17H,9-13H2,1-3H3/t15?,16-,17+/m0/s1. The third-order valence-electron chi connectivity index (χ3n) is 4.89. The Hall–Kier alpha value is -0.603. The van der Waals surface area contributed by atoms with Crippen molar-refractivity contribution in [1.82, 2.24) is 4.90 Å². The van der Waals surface area contributed by atoms with E-state index >= 15 is 0 Å². The second kappa shape index (κ2) is 5.06. The first-order chi connectivity index (χ1) is 9.03. The van der Waals surface area contributed by atoms with Gasteiger partial charge in [0, 0.05) is 26.7 Å². The van der Waals surface area contributed by atoms with Gasteiger partial charge in [-0.2, -0.15) is 0 Å². The van der Waals surface area contributed by atoms with Gasteiger partial charge in [0.05, 0.1) is 0 Å². The van der Waals surface area contributed by atoms with Crippen molar-refractivity contribution in [3.8, 4) is 0 Å². The van der Waals surface area contributed by atoms with Crippen molar-refractivity contribution in [1.29, 1.82) is 0 Å². The molecule has 19 heavy (non-hydrogen) atoms. The Labute approximate surface area is 119 Å². The van der Waals surface area contributed by atoms with E-state index in [4.69, 9.17) is 0 Å². The quantitative estimate of drug-likeness (QED) is 0.736. The van der Waals surface area contributed by atoms with Crippen LogP contribution in [0.4, 0.5) is 0 Å². The molecule has 1 aromatic rings. The summed E-state index contributed by atoms with van der Waals surface area (Å²) in [5.41, 5.74) is 1.49. The van der Waals surface area contributed by atoms with Gasteiger partial charge >= 0.3 is 0 Å². The summed E-state index contributed by atoms with van der Waals surface area (Å²) in [6.45, 7) is 8.76. The van der Waals surface area contributed by atoms with Crippen molar-refractivity contribution in [2.24, 2.45) is 5.92 Å². The first-order valence-electron chi connectivity index (χ1n) is 7.82. The Kier molecular flexibility index (Phi) is 3.57. The molecule has 1 unspecified atom stereocenters. The van der Waals surface area contributed by atoms with E-state index in [-0.39, 0.29) is 0 Å². The summed E-state index contributed by atoms with van der Waals surface area (Å²) in [5, 5.41) is 0. The zero-order valence-electron chi connectivity index (χ0n) is 12.6. The lowest BCUT2D eigenvalue weighted by molar-refractivity contribution is 0.231. The van der Waals surface area contributed by atoms with E-state index in [1.807, 2.05) is 0 Å². The topological polar surface area (TPSA) is 3.24 Å². The van der Waals surface area contributed by atoms with E-state index in [0.717, 1.165) is 18.0 Å². The highest BCUT2D eigenvalue weighted by Crippen LogP contribution is 2.45. The third-order valence-corrected chi connectivity index (χ3v) is 6.64. The van der Waals surface area contributed by atoms with Crippen molar-refractivity contribution in [2.75, 3.05) is 0 Å². The highest BCUT2D eigenvalue weighted by Gasteiger charge is 2.46. The molecule has 3 rings (SSSR count). The van der Waals surface area contributed by atoms with Gasteiger partial charge in [-0.25, -0.2) is 0 Å². The molecule has 0 aromatic heterocycles. The minimum absolute atomic E-state index is 0.881. The third kappa shape index (κ3) is 2.95. The molecule has 1 nitrogen and oxygen atoms in total. The molecular formula is C17H27NSi. The molecule has 2 aliphatic heterocycles. The molecule has 1 aromatic carbocycles. The largest absolute Gasteiger partial charge is 0.293 e. The first-order valence-corrected chi connectivity index (χ1v) is 11.5. The fourth-order valence-electron chi connectivity index (χ4n) is 4.28. The molecule has 0 amide bonds. The van der Waals surface area contributed by atoms with Crippen molar-refractivity contribution in [2.45, 2.75) is 63.6 Å².